The van der Waals surface area contributed by atoms with E-state index in [9.17, 15) is 8.42 Å². The standard InChI is InChI=1S/C9H13IN2O4S/c1-16-9-6-7(2-3-8(9)12-10)17(14,15)11-4-5-13/h2-3,6,11-13H,4-5H2,1H3. The predicted molar refractivity (Wildman–Crippen MR) is 72.9 cm³/mol. The maximum absolute atomic E-state index is 11.8. The smallest absolute Gasteiger partial charge is 0.240 e. The first-order valence-electron chi connectivity index (χ1n) is 4.70. The lowest BCUT2D eigenvalue weighted by Gasteiger charge is -2.10. The Bertz CT molecular complexity index is 478. The van der Waals surface area contributed by atoms with E-state index >= 15 is 0 Å². The van der Waals surface area contributed by atoms with Crippen molar-refractivity contribution in [3.63, 3.8) is 0 Å². The van der Waals surface area contributed by atoms with E-state index in [0.29, 0.717) is 11.4 Å². The molecule has 0 saturated heterocycles. The summed E-state index contributed by atoms with van der Waals surface area (Å²) in [5.74, 6) is 0.436. The van der Waals surface area contributed by atoms with Gasteiger partial charge in [-0.2, -0.15) is 0 Å². The molecular weight excluding hydrogens is 359 g/mol. The van der Waals surface area contributed by atoms with Gasteiger partial charge < -0.3 is 13.4 Å². The second-order valence-corrected chi connectivity index (χ2v) is 5.38. The molecule has 0 aliphatic heterocycles. The molecule has 1 rings (SSSR count). The van der Waals surface area contributed by atoms with Gasteiger partial charge in [0, 0.05) is 12.6 Å². The summed E-state index contributed by atoms with van der Waals surface area (Å²) in [7, 11) is -2.14. The zero-order valence-electron chi connectivity index (χ0n) is 9.10. The molecular formula is C9H13IN2O4S. The number of aliphatic hydroxyl groups excluding tert-OH is 1. The van der Waals surface area contributed by atoms with E-state index in [4.69, 9.17) is 9.84 Å². The molecule has 17 heavy (non-hydrogen) atoms. The minimum absolute atomic E-state index is 0.0169. The van der Waals surface area contributed by atoms with E-state index < -0.39 is 10.0 Å². The normalized spacial score (nSPS) is 11.2. The van der Waals surface area contributed by atoms with E-state index in [1.165, 1.54) is 19.2 Å². The van der Waals surface area contributed by atoms with E-state index in [0.717, 1.165) is 0 Å². The number of ether oxygens (including phenoxy) is 1. The monoisotopic (exact) mass is 372 g/mol. The van der Waals surface area contributed by atoms with Crippen LogP contribution in [0.3, 0.4) is 0 Å². The highest BCUT2D eigenvalue weighted by Crippen LogP contribution is 2.28. The maximum atomic E-state index is 11.8. The van der Waals surface area contributed by atoms with Crippen LogP contribution in [0.5, 0.6) is 5.75 Å². The Morgan fingerprint density at radius 1 is 1.47 bits per heavy atom. The number of nitrogens with one attached hydrogen (secondary N) is 2. The molecule has 6 nitrogen and oxygen atoms in total. The fourth-order valence-electron chi connectivity index (χ4n) is 1.18. The van der Waals surface area contributed by atoms with Crippen LogP contribution in [-0.2, 0) is 10.0 Å². The SMILES string of the molecule is COc1cc(S(=O)(=O)NCCO)ccc1NI. The molecule has 0 bridgehead atoms. The minimum atomic E-state index is -3.60. The van der Waals surface area contributed by atoms with Crippen LogP contribution >= 0.6 is 22.9 Å². The highest BCUT2D eigenvalue weighted by molar-refractivity contribution is 14.1. The maximum Gasteiger partial charge on any atom is 0.240 e. The van der Waals surface area contributed by atoms with Crippen molar-refractivity contribution in [2.75, 3.05) is 23.8 Å². The summed E-state index contributed by atoms with van der Waals surface area (Å²) in [6.45, 7) is -0.263. The molecule has 1 aromatic rings. The molecule has 8 heteroatoms. The first-order chi connectivity index (χ1) is 8.05. The summed E-state index contributed by atoms with van der Waals surface area (Å²) >= 11 is 1.93. The van der Waals surface area contributed by atoms with Gasteiger partial charge in [-0.1, -0.05) is 0 Å². The van der Waals surface area contributed by atoms with Crippen LogP contribution in [0, 0.1) is 0 Å². The lowest BCUT2D eigenvalue weighted by Crippen LogP contribution is -2.26. The Hall–Kier alpha value is -0.580. The van der Waals surface area contributed by atoms with Crippen molar-refractivity contribution in [2.24, 2.45) is 0 Å². The van der Waals surface area contributed by atoms with Gasteiger partial charge in [0.25, 0.3) is 0 Å². The van der Waals surface area contributed by atoms with Crippen LogP contribution in [0.25, 0.3) is 0 Å². The Morgan fingerprint density at radius 3 is 2.71 bits per heavy atom. The van der Waals surface area contributed by atoms with Crippen molar-refractivity contribution in [2.45, 2.75) is 4.90 Å². The molecule has 0 atom stereocenters. The van der Waals surface area contributed by atoms with Gasteiger partial charge in [0.2, 0.25) is 10.0 Å². The van der Waals surface area contributed by atoms with Crippen molar-refractivity contribution in [3.8, 4) is 5.75 Å². The summed E-state index contributed by atoms with van der Waals surface area (Å²) in [6, 6.07) is 4.49. The molecule has 0 radical (unpaired) electrons. The highest BCUT2D eigenvalue weighted by Gasteiger charge is 2.15. The molecule has 96 valence electrons. The Labute approximate surface area is 114 Å². The first kappa shape index (κ1) is 14.5. The van der Waals surface area contributed by atoms with Gasteiger partial charge in [0.1, 0.15) is 5.75 Å². The first-order valence-corrected chi connectivity index (χ1v) is 7.26. The van der Waals surface area contributed by atoms with Gasteiger partial charge in [-0.05, 0) is 12.1 Å². The molecule has 0 aliphatic rings. The van der Waals surface area contributed by atoms with E-state index in [-0.39, 0.29) is 18.0 Å². The molecule has 0 spiro atoms. The third kappa shape index (κ3) is 3.69. The molecule has 0 aromatic heterocycles. The number of aliphatic hydroxyl groups is 1. The van der Waals surface area contributed by atoms with Gasteiger partial charge in [0.05, 0.1) is 47.2 Å². The average Bonchev–Trinajstić information content (AvgIpc) is 2.35. The van der Waals surface area contributed by atoms with Crippen molar-refractivity contribution in [1.82, 2.24) is 4.72 Å². The van der Waals surface area contributed by atoms with Gasteiger partial charge in [0.15, 0.2) is 0 Å². The largest absolute Gasteiger partial charge is 0.495 e. The molecule has 0 aliphatic carbocycles. The Balaban J connectivity index is 3.07. The molecule has 0 fully saturated rings. The fraction of sp³-hybridized carbons (Fsp3) is 0.333. The number of sulfonamides is 1. The summed E-state index contributed by atoms with van der Waals surface area (Å²) in [4.78, 5) is 0.0956. The van der Waals surface area contributed by atoms with E-state index in [1.54, 1.807) is 6.07 Å². The topological polar surface area (TPSA) is 87.7 Å². The van der Waals surface area contributed by atoms with Crippen molar-refractivity contribution in [1.29, 1.82) is 0 Å². The van der Waals surface area contributed by atoms with E-state index in [2.05, 4.69) is 8.25 Å². The van der Waals surface area contributed by atoms with Crippen LogP contribution in [0.15, 0.2) is 23.1 Å². The number of halogens is 1. The number of hydrogen-bond acceptors (Lipinski definition) is 5. The summed E-state index contributed by atoms with van der Waals surface area (Å²) in [6.07, 6.45) is 0. The molecule has 1 aromatic carbocycles. The molecule has 0 heterocycles. The number of hydrogen-bond donors (Lipinski definition) is 3. The average molecular weight is 372 g/mol. The third-order valence-corrected chi connectivity index (χ3v) is 4.03. The minimum Gasteiger partial charge on any atom is -0.495 e. The Kier molecular flexibility index (Phi) is 5.43. The molecule has 3 N–H and O–H groups in total. The number of anilines is 1. The van der Waals surface area contributed by atoms with Gasteiger partial charge in [-0.3, -0.25) is 0 Å². The number of rotatable bonds is 6. The lowest BCUT2D eigenvalue weighted by atomic mass is 10.3. The van der Waals surface area contributed by atoms with Crippen LogP contribution in [0.1, 0.15) is 0 Å². The second kappa shape index (κ2) is 6.38. The fourth-order valence-corrected chi connectivity index (χ4v) is 2.66. The van der Waals surface area contributed by atoms with E-state index in [1.807, 2.05) is 22.9 Å². The second-order valence-electron chi connectivity index (χ2n) is 3.08. The lowest BCUT2D eigenvalue weighted by molar-refractivity contribution is 0.301. The van der Waals surface area contributed by atoms with Gasteiger partial charge in [-0.25, -0.2) is 13.1 Å². The zero-order chi connectivity index (χ0) is 12.9. The third-order valence-electron chi connectivity index (χ3n) is 1.99. The predicted octanol–water partition coefficient (Wildman–Crippen LogP) is 0.728. The van der Waals surface area contributed by atoms with Crippen molar-refractivity contribution in [3.05, 3.63) is 18.2 Å². The van der Waals surface area contributed by atoms with Crippen LogP contribution in [-0.4, -0.2) is 33.8 Å². The number of methoxy groups -OCH3 is 1. The summed E-state index contributed by atoms with van der Waals surface area (Å²) < 4.78 is 33.7. The summed E-state index contributed by atoms with van der Waals surface area (Å²) in [5, 5.41) is 8.60. The van der Waals surface area contributed by atoms with Crippen LogP contribution in [0.4, 0.5) is 5.69 Å². The zero-order valence-corrected chi connectivity index (χ0v) is 12.1. The van der Waals surface area contributed by atoms with Crippen LogP contribution in [0.2, 0.25) is 0 Å². The molecule has 0 saturated carbocycles. The summed E-state index contributed by atoms with van der Waals surface area (Å²) in [5.41, 5.74) is 0.689. The quantitative estimate of drug-likeness (QED) is 0.506. The van der Waals surface area contributed by atoms with Gasteiger partial charge in [-0.15, -0.1) is 0 Å². The molecule has 0 unspecified atom stereocenters. The molecule has 0 amide bonds. The highest BCUT2D eigenvalue weighted by atomic mass is 127. The van der Waals surface area contributed by atoms with Gasteiger partial charge >= 0.3 is 0 Å². The van der Waals surface area contributed by atoms with Crippen molar-refractivity contribution < 1.29 is 18.3 Å². The Morgan fingerprint density at radius 2 is 2.18 bits per heavy atom. The number of benzene rings is 1. The van der Waals surface area contributed by atoms with Crippen molar-refractivity contribution >= 4 is 38.6 Å². The van der Waals surface area contributed by atoms with Crippen LogP contribution < -0.4 is 13.0 Å².